The van der Waals surface area contributed by atoms with Gasteiger partial charge in [-0.3, -0.25) is 4.79 Å². The van der Waals surface area contributed by atoms with Crippen LogP contribution < -0.4 is 5.32 Å². The van der Waals surface area contributed by atoms with Gasteiger partial charge in [-0.25, -0.2) is 0 Å². The number of carbonyl (C=O) groups is 1. The average Bonchev–Trinajstić information content (AvgIpc) is 2.77. The maximum Gasteiger partial charge on any atom is 0.222 e. The van der Waals surface area contributed by atoms with Gasteiger partial charge in [0.05, 0.1) is 0 Å². The van der Waals surface area contributed by atoms with E-state index < -0.39 is 0 Å². The van der Waals surface area contributed by atoms with Gasteiger partial charge in [-0.05, 0) is 70.7 Å². The Kier molecular flexibility index (Phi) is 6.24. The van der Waals surface area contributed by atoms with Crippen LogP contribution >= 0.6 is 11.3 Å². The molecule has 1 aliphatic heterocycles. The summed E-state index contributed by atoms with van der Waals surface area (Å²) in [6.07, 6.45) is 5.11. The van der Waals surface area contributed by atoms with Gasteiger partial charge in [0.1, 0.15) is 0 Å². The second-order valence-electron chi connectivity index (χ2n) is 6.20. The molecular formula is C17H28N2OS. The highest BCUT2D eigenvalue weighted by molar-refractivity contribution is 7.12. The normalized spacial score (nSPS) is 19.0. The number of amides is 1. The van der Waals surface area contributed by atoms with E-state index in [9.17, 15) is 4.79 Å². The van der Waals surface area contributed by atoms with Crippen LogP contribution in [0.2, 0.25) is 0 Å². The highest BCUT2D eigenvalue weighted by Crippen LogP contribution is 2.23. The third kappa shape index (κ3) is 4.82. The van der Waals surface area contributed by atoms with Crippen LogP contribution in [-0.2, 0) is 11.2 Å². The van der Waals surface area contributed by atoms with E-state index in [0.29, 0.717) is 18.2 Å². The maximum absolute atomic E-state index is 12.3. The van der Waals surface area contributed by atoms with E-state index >= 15 is 0 Å². The monoisotopic (exact) mass is 308 g/mol. The predicted molar refractivity (Wildman–Crippen MR) is 90.0 cm³/mol. The summed E-state index contributed by atoms with van der Waals surface area (Å²) in [6.45, 7) is 7.26. The van der Waals surface area contributed by atoms with Gasteiger partial charge in [0, 0.05) is 29.3 Å². The van der Waals surface area contributed by atoms with Crippen LogP contribution in [0.3, 0.4) is 0 Å². The number of hydrogen-bond donors (Lipinski definition) is 1. The first-order chi connectivity index (χ1) is 10.1. The van der Waals surface area contributed by atoms with Crippen molar-refractivity contribution in [3.05, 3.63) is 21.4 Å². The Morgan fingerprint density at radius 2 is 2.29 bits per heavy atom. The van der Waals surface area contributed by atoms with E-state index in [1.165, 1.54) is 21.7 Å². The van der Waals surface area contributed by atoms with Crippen molar-refractivity contribution >= 4 is 17.2 Å². The fourth-order valence-electron chi connectivity index (χ4n) is 3.27. The van der Waals surface area contributed by atoms with Crippen molar-refractivity contribution in [3.63, 3.8) is 0 Å². The lowest BCUT2D eigenvalue weighted by Gasteiger charge is -2.32. The zero-order chi connectivity index (χ0) is 15.2. The van der Waals surface area contributed by atoms with Crippen LogP contribution in [-0.4, -0.2) is 37.5 Å². The maximum atomic E-state index is 12.3. The molecule has 0 saturated carbocycles. The lowest BCUT2D eigenvalue weighted by molar-refractivity contribution is -0.133. The minimum absolute atomic E-state index is 0.348. The highest BCUT2D eigenvalue weighted by atomic mass is 32.1. The van der Waals surface area contributed by atoms with Crippen molar-refractivity contribution in [2.24, 2.45) is 5.92 Å². The van der Waals surface area contributed by atoms with Crippen molar-refractivity contribution in [1.82, 2.24) is 10.2 Å². The number of carbonyl (C=O) groups excluding carboxylic acids is 1. The Bertz CT molecular complexity index is 467. The fraction of sp³-hybridized carbons (Fsp3) is 0.706. The molecule has 21 heavy (non-hydrogen) atoms. The Morgan fingerprint density at radius 3 is 2.95 bits per heavy atom. The van der Waals surface area contributed by atoms with Gasteiger partial charge in [0.15, 0.2) is 0 Å². The van der Waals surface area contributed by atoms with E-state index in [0.717, 1.165) is 38.9 Å². The number of thiophene rings is 1. The molecule has 1 fully saturated rings. The number of nitrogens with one attached hydrogen (secondary N) is 1. The van der Waals surface area contributed by atoms with Crippen molar-refractivity contribution in [1.29, 1.82) is 0 Å². The number of likely N-dealkylation sites (tertiary alicyclic amines) is 1. The van der Waals surface area contributed by atoms with Crippen LogP contribution in [0.25, 0.3) is 0 Å². The Hall–Kier alpha value is -0.870. The van der Waals surface area contributed by atoms with Gasteiger partial charge >= 0.3 is 0 Å². The third-order valence-electron chi connectivity index (χ3n) is 4.35. The predicted octanol–water partition coefficient (Wildman–Crippen LogP) is 3.15. The Balaban J connectivity index is 1.75. The molecule has 1 saturated heterocycles. The van der Waals surface area contributed by atoms with E-state index in [2.05, 4.69) is 30.1 Å². The fourth-order valence-corrected chi connectivity index (χ4v) is 4.24. The molecule has 0 aromatic carbocycles. The number of piperidine rings is 1. The van der Waals surface area contributed by atoms with E-state index in [4.69, 9.17) is 0 Å². The number of aryl methyl sites for hydroxylation is 3. The molecule has 1 N–H and O–H groups in total. The first-order valence-corrected chi connectivity index (χ1v) is 8.90. The van der Waals surface area contributed by atoms with Crippen LogP contribution in [0.1, 0.15) is 41.0 Å². The molecule has 1 amide bonds. The van der Waals surface area contributed by atoms with Crippen LogP contribution in [0.4, 0.5) is 0 Å². The molecule has 4 heteroatoms. The average molecular weight is 308 g/mol. The zero-order valence-electron chi connectivity index (χ0n) is 13.6. The Morgan fingerprint density at radius 1 is 1.48 bits per heavy atom. The molecule has 1 aromatic heterocycles. The molecule has 0 aliphatic carbocycles. The minimum Gasteiger partial charge on any atom is -0.342 e. The highest BCUT2D eigenvalue weighted by Gasteiger charge is 2.22. The first-order valence-electron chi connectivity index (χ1n) is 8.08. The summed E-state index contributed by atoms with van der Waals surface area (Å²) in [5.74, 6) is 0.981. The summed E-state index contributed by atoms with van der Waals surface area (Å²) < 4.78 is 0. The van der Waals surface area contributed by atoms with Crippen LogP contribution in [0.15, 0.2) is 6.07 Å². The summed E-state index contributed by atoms with van der Waals surface area (Å²) in [5.41, 5.74) is 1.43. The smallest absolute Gasteiger partial charge is 0.222 e. The van der Waals surface area contributed by atoms with Gasteiger partial charge < -0.3 is 10.2 Å². The first kappa shape index (κ1) is 16.5. The topological polar surface area (TPSA) is 32.3 Å². The van der Waals surface area contributed by atoms with Gasteiger partial charge in [-0.1, -0.05) is 0 Å². The molecule has 0 bridgehead atoms. The summed E-state index contributed by atoms with van der Waals surface area (Å²) in [7, 11) is 1.99. The van der Waals surface area contributed by atoms with Crippen LogP contribution in [0, 0.1) is 19.8 Å². The number of hydrogen-bond acceptors (Lipinski definition) is 3. The molecule has 0 radical (unpaired) electrons. The second kappa shape index (κ2) is 7.95. The van der Waals surface area contributed by atoms with E-state index in [1.807, 2.05) is 18.4 Å². The summed E-state index contributed by atoms with van der Waals surface area (Å²) in [4.78, 5) is 17.2. The molecule has 0 unspecified atom stereocenters. The van der Waals surface area contributed by atoms with Gasteiger partial charge in [0.25, 0.3) is 0 Å². The van der Waals surface area contributed by atoms with E-state index in [-0.39, 0.29) is 0 Å². The Labute approximate surface area is 132 Å². The molecule has 1 aliphatic rings. The second-order valence-corrected chi connectivity index (χ2v) is 7.66. The molecule has 3 nitrogen and oxygen atoms in total. The summed E-state index contributed by atoms with van der Waals surface area (Å²) >= 11 is 1.86. The molecular weight excluding hydrogens is 280 g/mol. The van der Waals surface area contributed by atoms with Crippen molar-refractivity contribution < 1.29 is 4.79 Å². The molecule has 1 aromatic rings. The van der Waals surface area contributed by atoms with Crippen molar-refractivity contribution in [3.8, 4) is 0 Å². The zero-order valence-corrected chi connectivity index (χ0v) is 14.4. The molecule has 118 valence electrons. The summed E-state index contributed by atoms with van der Waals surface area (Å²) in [5, 5.41) is 3.23. The van der Waals surface area contributed by atoms with E-state index in [1.54, 1.807) is 0 Å². The minimum atomic E-state index is 0.348. The largest absolute Gasteiger partial charge is 0.342 e. The van der Waals surface area contributed by atoms with Gasteiger partial charge in [-0.15, -0.1) is 11.3 Å². The van der Waals surface area contributed by atoms with Gasteiger partial charge in [0.2, 0.25) is 5.91 Å². The van der Waals surface area contributed by atoms with Gasteiger partial charge in [-0.2, -0.15) is 0 Å². The van der Waals surface area contributed by atoms with Crippen LogP contribution in [0.5, 0.6) is 0 Å². The molecule has 2 rings (SSSR count). The third-order valence-corrected chi connectivity index (χ3v) is 5.35. The quantitative estimate of drug-likeness (QED) is 0.875. The molecule has 1 atom stereocenters. The number of rotatable bonds is 6. The SMILES string of the molecule is CNC[C@@H]1CCCN(C(=O)CCCc2cc(C)sc2C)C1. The van der Waals surface area contributed by atoms with Crippen molar-refractivity contribution in [2.75, 3.05) is 26.7 Å². The lowest BCUT2D eigenvalue weighted by Crippen LogP contribution is -2.42. The standard InChI is InChI=1S/C17H28N2OS/c1-13-10-16(14(2)21-13)7-4-8-17(20)19-9-5-6-15(12-19)11-18-3/h10,15,18H,4-9,11-12H2,1-3H3/t15-/m0/s1. The molecule has 2 heterocycles. The molecule has 0 spiro atoms. The summed E-state index contributed by atoms with van der Waals surface area (Å²) in [6, 6.07) is 2.27. The lowest BCUT2D eigenvalue weighted by atomic mass is 9.97. The number of nitrogens with zero attached hydrogens (tertiary/aromatic N) is 1. The van der Waals surface area contributed by atoms with Crippen molar-refractivity contribution in [2.45, 2.75) is 46.0 Å².